The van der Waals surface area contributed by atoms with Crippen molar-refractivity contribution in [1.82, 2.24) is 14.9 Å². The van der Waals surface area contributed by atoms with Crippen molar-refractivity contribution in [2.24, 2.45) is 0 Å². The molecular weight excluding hydrogens is 376 g/mol. The van der Waals surface area contributed by atoms with Crippen LogP contribution in [0.2, 0.25) is 0 Å². The Balaban J connectivity index is 1.26. The summed E-state index contributed by atoms with van der Waals surface area (Å²) in [6.07, 6.45) is 4.79. The summed E-state index contributed by atoms with van der Waals surface area (Å²) in [5.74, 6) is 1.77. The molecule has 0 bridgehead atoms. The molecule has 0 N–H and O–H groups in total. The van der Waals surface area contributed by atoms with Crippen molar-refractivity contribution in [1.29, 1.82) is 0 Å². The minimum Gasteiger partial charge on any atom is -0.470 e. The number of aromatic nitrogens is 2. The van der Waals surface area contributed by atoms with Crippen LogP contribution in [0.3, 0.4) is 0 Å². The van der Waals surface area contributed by atoms with Crippen molar-refractivity contribution in [2.45, 2.75) is 19.4 Å². The maximum Gasteiger partial charge on any atom is 0.221 e. The first kappa shape index (κ1) is 18.6. The number of nitrogens with zero attached hydrogens (tertiary/aromatic N) is 4. The van der Waals surface area contributed by atoms with Crippen molar-refractivity contribution < 1.29 is 9.53 Å². The predicted octanol–water partition coefficient (Wildman–Crippen LogP) is 3.53. The van der Waals surface area contributed by atoms with Gasteiger partial charge in [-0.15, -0.1) is 0 Å². The molecule has 1 fully saturated rings. The average Bonchev–Trinajstić information content (AvgIpc) is 2.76. The van der Waals surface area contributed by atoms with Crippen LogP contribution in [0.5, 0.6) is 5.88 Å². The maximum absolute atomic E-state index is 11.6. The summed E-state index contributed by atoms with van der Waals surface area (Å²) in [5.41, 5.74) is 3.24. The van der Waals surface area contributed by atoms with Gasteiger partial charge >= 0.3 is 0 Å². The second kappa shape index (κ2) is 7.78. The maximum atomic E-state index is 11.6. The fourth-order valence-corrected chi connectivity index (χ4v) is 4.02. The summed E-state index contributed by atoms with van der Waals surface area (Å²) in [4.78, 5) is 24.9. The zero-order valence-electron chi connectivity index (χ0n) is 17.0. The lowest BCUT2D eigenvalue weighted by Crippen LogP contribution is -2.54. The zero-order valence-corrected chi connectivity index (χ0v) is 17.0. The van der Waals surface area contributed by atoms with Crippen LogP contribution in [0.15, 0.2) is 60.8 Å². The highest BCUT2D eigenvalue weighted by Gasteiger charge is 2.31. The minimum atomic E-state index is 0.0878. The molecule has 0 aliphatic carbocycles. The Kier molecular flexibility index (Phi) is 4.83. The Hall–Kier alpha value is -3.41. The molecule has 0 atom stereocenters. The fourth-order valence-electron chi connectivity index (χ4n) is 4.02. The molecule has 3 aromatic rings. The van der Waals surface area contributed by atoms with Crippen LogP contribution in [0.25, 0.3) is 16.5 Å². The summed E-state index contributed by atoms with van der Waals surface area (Å²) in [5, 5.41) is 1.15. The molecule has 6 nitrogen and oxygen atoms in total. The molecule has 0 saturated carbocycles. The van der Waals surface area contributed by atoms with Crippen LogP contribution in [0.4, 0.5) is 5.82 Å². The lowest BCUT2D eigenvalue weighted by atomic mass is 10.0. The molecule has 1 aromatic carbocycles. The number of hydrogen-bond donors (Lipinski definition) is 0. The summed E-state index contributed by atoms with van der Waals surface area (Å²) in [6.45, 7) is 4.57. The monoisotopic (exact) mass is 400 g/mol. The second-order valence-corrected chi connectivity index (χ2v) is 7.81. The Morgan fingerprint density at radius 1 is 1.10 bits per heavy atom. The lowest BCUT2D eigenvalue weighted by molar-refractivity contribution is -0.128. The Bertz CT molecular complexity index is 1120. The second-order valence-electron chi connectivity index (χ2n) is 7.81. The van der Waals surface area contributed by atoms with E-state index in [1.165, 1.54) is 5.57 Å². The van der Waals surface area contributed by atoms with E-state index in [-0.39, 0.29) is 12.0 Å². The van der Waals surface area contributed by atoms with Gasteiger partial charge in [0.1, 0.15) is 11.9 Å². The Labute approximate surface area is 175 Å². The number of ether oxygens (including phenoxy) is 1. The van der Waals surface area contributed by atoms with E-state index in [0.29, 0.717) is 12.4 Å². The smallest absolute Gasteiger partial charge is 0.221 e. The van der Waals surface area contributed by atoms with E-state index in [1.54, 1.807) is 13.1 Å². The highest BCUT2D eigenvalue weighted by atomic mass is 16.5. The summed E-state index contributed by atoms with van der Waals surface area (Å²) in [7, 11) is 0. The summed E-state index contributed by atoms with van der Waals surface area (Å²) < 4.78 is 6.25. The molecule has 4 heterocycles. The number of rotatable bonds is 4. The van der Waals surface area contributed by atoms with Gasteiger partial charge in [-0.25, -0.2) is 9.97 Å². The largest absolute Gasteiger partial charge is 0.470 e. The van der Waals surface area contributed by atoms with Crippen LogP contribution in [-0.2, 0) is 4.79 Å². The minimum absolute atomic E-state index is 0.0878. The van der Waals surface area contributed by atoms with E-state index in [2.05, 4.69) is 40.2 Å². The number of fused-ring (bicyclic) bond motifs is 1. The van der Waals surface area contributed by atoms with Gasteiger partial charge < -0.3 is 14.5 Å². The highest BCUT2D eigenvalue weighted by molar-refractivity contribution is 5.80. The van der Waals surface area contributed by atoms with Crippen molar-refractivity contribution in [3.8, 4) is 5.88 Å². The van der Waals surface area contributed by atoms with Gasteiger partial charge in [0.15, 0.2) is 0 Å². The number of carbonyl (C=O) groups excluding carboxylic acids is 1. The summed E-state index contributed by atoms with van der Waals surface area (Å²) in [6, 6.07) is 16.3. The number of amides is 1. The average molecular weight is 400 g/mol. The van der Waals surface area contributed by atoms with Crippen molar-refractivity contribution in [2.75, 3.05) is 31.1 Å². The molecule has 6 heteroatoms. The van der Waals surface area contributed by atoms with Gasteiger partial charge in [0, 0.05) is 37.2 Å². The molecule has 2 aliphatic rings. The molecule has 5 rings (SSSR count). The first-order valence-electron chi connectivity index (χ1n) is 10.3. The van der Waals surface area contributed by atoms with Gasteiger partial charge in [-0.05, 0) is 42.3 Å². The van der Waals surface area contributed by atoms with Crippen molar-refractivity contribution in [3.63, 3.8) is 0 Å². The van der Waals surface area contributed by atoms with Gasteiger partial charge in [-0.1, -0.05) is 24.3 Å². The molecule has 1 amide bonds. The van der Waals surface area contributed by atoms with E-state index < -0.39 is 0 Å². The van der Waals surface area contributed by atoms with E-state index >= 15 is 0 Å². The van der Waals surface area contributed by atoms with E-state index in [0.717, 1.165) is 48.3 Å². The van der Waals surface area contributed by atoms with E-state index in [1.807, 2.05) is 29.2 Å². The lowest BCUT2D eigenvalue weighted by Gasteiger charge is -2.40. The van der Waals surface area contributed by atoms with E-state index in [4.69, 9.17) is 9.72 Å². The van der Waals surface area contributed by atoms with Crippen LogP contribution in [0.1, 0.15) is 18.9 Å². The van der Waals surface area contributed by atoms with Crippen molar-refractivity contribution >= 4 is 28.2 Å². The third kappa shape index (κ3) is 3.61. The van der Waals surface area contributed by atoms with Crippen molar-refractivity contribution in [3.05, 3.63) is 66.4 Å². The molecule has 0 unspecified atom stereocenters. The third-order valence-electron chi connectivity index (χ3n) is 5.81. The van der Waals surface area contributed by atoms with Crippen LogP contribution >= 0.6 is 0 Å². The number of benzene rings is 1. The number of pyridine rings is 2. The van der Waals surface area contributed by atoms with Crippen LogP contribution < -0.4 is 9.64 Å². The molecule has 0 radical (unpaired) electrons. The normalized spacial score (nSPS) is 16.9. The Morgan fingerprint density at radius 3 is 2.77 bits per heavy atom. The SMILES string of the molecule is CC(=O)N1CC=C(c2cccnc2OC2CN(c3ccc4ccccc4n3)C2)CC1. The van der Waals surface area contributed by atoms with Crippen LogP contribution in [-0.4, -0.2) is 53.1 Å². The quantitative estimate of drug-likeness (QED) is 0.671. The molecule has 152 valence electrons. The Morgan fingerprint density at radius 2 is 1.97 bits per heavy atom. The molecule has 2 aliphatic heterocycles. The number of hydrogen-bond acceptors (Lipinski definition) is 5. The summed E-state index contributed by atoms with van der Waals surface area (Å²) >= 11 is 0. The zero-order chi connectivity index (χ0) is 20.5. The first-order chi connectivity index (χ1) is 14.7. The standard InChI is InChI=1S/C24H24N4O2/c1-17(29)27-13-10-18(11-14-27)21-6-4-12-25-24(21)30-20-15-28(16-20)23-9-8-19-5-2-3-7-22(19)26-23/h2-10,12,20H,11,13-16H2,1H3. The topological polar surface area (TPSA) is 58.6 Å². The number of anilines is 1. The number of para-hydroxylation sites is 1. The molecule has 0 spiro atoms. The van der Waals surface area contributed by atoms with Gasteiger partial charge in [0.2, 0.25) is 11.8 Å². The molecule has 30 heavy (non-hydrogen) atoms. The molecule has 2 aromatic heterocycles. The van der Waals surface area contributed by atoms with Gasteiger partial charge in [-0.3, -0.25) is 4.79 Å². The van der Waals surface area contributed by atoms with Gasteiger partial charge in [-0.2, -0.15) is 0 Å². The van der Waals surface area contributed by atoms with Crippen LogP contribution in [0, 0.1) is 0 Å². The first-order valence-corrected chi connectivity index (χ1v) is 10.3. The van der Waals surface area contributed by atoms with E-state index in [9.17, 15) is 4.79 Å². The highest BCUT2D eigenvalue weighted by Crippen LogP contribution is 2.31. The molecular formula is C24H24N4O2. The number of carbonyl (C=O) groups is 1. The predicted molar refractivity (Wildman–Crippen MR) is 117 cm³/mol. The van der Waals surface area contributed by atoms with Gasteiger partial charge in [0.25, 0.3) is 0 Å². The molecule has 1 saturated heterocycles. The van der Waals surface area contributed by atoms with Gasteiger partial charge in [0.05, 0.1) is 18.6 Å². The fraction of sp³-hybridized carbons (Fsp3) is 0.292. The third-order valence-corrected chi connectivity index (χ3v) is 5.81.